The van der Waals surface area contributed by atoms with E-state index in [0.29, 0.717) is 16.8 Å². The van der Waals surface area contributed by atoms with E-state index in [1.165, 1.54) is 18.2 Å². The number of aromatic carboxylic acids is 1. The highest BCUT2D eigenvalue weighted by molar-refractivity contribution is 6.07. The predicted octanol–water partition coefficient (Wildman–Crippen LogP) is 3.18. The van der Waals surface area contributed by atoms with E-state index in [0.717, 1.165) is 25.9 Å². The largest absolute Gasteiger partial charge is 0.478 e. The van der Waals surface area contributed by atoms with Crippen LogP contribution in [0.3, 0.4) is 0 Å². The zero-order chi connectivity index (χ0) is 18.7. The summed E-state index contributed by atoms with van der Waals surface area (Å²) in [7, 11) is 0. The highest BCUT2D eigenvalue weighted by atomic mass is 16.4. The number of hydrogen-bond donors (Lipinski definition) is 2. The van der Waals surface area contributed by atoms with Crippen LogP contribution in [0.15, 0.2) is 42.5 Å². The number of carboxylic acid groups (broad SMARTS) is 1. The van der Waals surface area contributed by atoms with Crippen LogP contribution in [0.5, 0.6) is 0 Å². The molecule has 0 radical (unpaired) electrons. The van der Waals surface area contributed by atoms with Gasteiger partial charge in [0.25, 0.3) is 11.8 Å². The maximum Gasteiger partial charge on any atom is 0.335 e. The van der Waals surface area contributed by atoms with Crippen LogP contribution < -0.4 is 5.32 Å². The van der Waals surface area contributed by atoms with Gasteiger partial charge in [0.1, 0.15) is 0 Å². The molecule has 0 bridgehead atoms. The SMILES string of the molecule is Cc1c(NC(=O)c2cccc(C(=O)O)c2)cccc1C(=O)N1CCCC1. The molecule has 1 aliphatic heterocycles. The van der Waals surface area contributed by atoms with Crippen molar-refractivity contribution in [1.29, 1.82) is 0 Å². The highest BCUT2D eigenvalue weighted by Gasteiger charge is 2.22. The van der Waals surface area contributed by atoms with Crippen LogP contribution in [0.2, 0.25) is 0 Å². The second kappa shape index (κ2) is 7.39. The Morgan fingerprint density at radius 1 is 1.00 bits per heavy atom. The molecule has 1 fully saturated rings. The summed E-state index contributed by atoms with van der Waals surface area (Å²) in [6, 6.07) is 11.1. The van der Waals surface area contributed by atoms with Crippen molar-refractivity contribution in [2.75, 3.05) is 18.4 Å². The van der Waals surface area contributed by atoms with Crippen molar-refractivity contribution in [2.24, 2.45) is 0 Å². The van der Waals surface area contributed by atoms with Crippen molar-refractivity contribution < 1.29 is 19.5 Å². The number of carbonyl (C=O) groups is 3. The minimum atomic E-state index is -1.09. The molecule has 0 unspecified atom stereocenters. The van der Waals surface area contributed by atoms with Crippen molar-refractivity contribution in [3.05, 3.63) is 64.7 Å². The van der Waals surface area contributed by atoms with Gasteiger partial charge in [0.15, 0.2) is 0 Å². The van der Waals surface area contributed by atoms with Gasteiger partial charge in [-0.05, 0) is 55.7 Å². The van der Waals surface area contributed by atoms with Crippen LogP contribution in [-0.4, -0.2) is 40.9 Å². The lowest BCUT2D eigenvalue weighted by Crippen LogP contribution is -2.28. The molecule has 0 aliphatic carbocycles. The molecule has 2 amide bonds. The Hall–Kier alpha value is -3.15. The summed E-state index contributed by atoms with van der Waals surface area (Å²) in [5.74, 6) is -1.53. The molecule has 0 aromatic heterocycles. The van der Waals surface area contributed by atoms with Gasteiger partial charge in [-0.3, -0.25) is 9.59 Å². The molecule has 6 heteroatoms. The molecule has 0 atom stereocenters. The lowest BCUT2D eigenvalue weighted by molar-refractivity contribution is 0.0696. The normalized spacial score (nSPS) is 13.5. The first-order valence-electron chi connectivity index (χ1n) is 8.51. The lowest BCUT2D eigenvalue weighted by atomic mass is 10.0. The van der Waals surface area contributed by atoms with E-state index in [1.807, 2.05) is 4.90 Å². The first-order valence-corrected chi connectivity index (χ1v) is 8.51. The van der Waals surface area contributed by atoms with Crippen molar-refractivity contribution in [2.45, 2.75) is 19.8 Å². The standard InChI is InChI=1S/C20H20N2O4/c1-13-16(19(24)22-10-2-3-11-22)8-5-9-17(13)21-18(23)14-6-4-7-15(12-14)20(25)26/h4-9,12H,2-3,10-11H2,1H3,(H,21,23)(H,25,26). The van der Waals surface area contributed by atoms with E-state index in [9.17, 15) is 14.4 Å². The van der Waals surface area contributed by atoms with Crippen LogP contribution in [-0.2, 0) is 0 Å². The average Bonchev–Trinajstić information content (AvgIpc) is 3.17. The molecule has 2 aromatic carbocycles. The lowest BCUT2D eigenvalue weighted by Gasteiger charge is -2.18. The molecule has 2 N–H and O–H groups in total. The fraction of sp³-hybridized carbons (Fsp3) is 0.250. The van der Waals surface area contributed by atoms with E-state index in [2.05, 4.69) is 5.32 Å². The molecule has 134 valence electrons. The molecule has 0 saturated carbocycles. The maximum absolute atomic E-state index is 12.6. The predicted molar refractivity (Wildman–Crippen MR) is 97.7 cm³/mol. The van der Waals surface area contributed by atoms with E-state index in [1.54, 1.807) is 31.2 Å². The third-order valence-corrected chi connectivity index (χ3v) is 4.58. The van der Waals surface area contributed by atoms with Crippen LogP contribution in [0.1, 0.15) is 49.5 Å². The molecule has 1 saturated heterocycles. The summed E-state index contributed by atoms with van der Waals surface area (Å²) in [5.41, 5.74) is 2.12. The Kier molecular flexibility index (Phi) is 5.02. The quantitative estimate of drug-likeness (QED) is 0.885. The summed E-state index contributed by atoms with van der Waals surface area (Å²) in [4.78, 5) is 38.0. The van der Waals surface area contributed by atoms with E-state index in [-0.39, 0.29) is 17.0 Å². The fourth-order valence-corrected chi connectivity index (χ4v) is 3.08. The molecular weight excluding hydrogens is 332 g/mol. The Balaban J connectivity index is 1.83. The summed E-state index contributed by atoms with van der Waals surface area (Å²) in [6.07, 6.45) is 2.03. The van der Waals surface area contributed by atoms with Gasteiger partial charge in [0.2, 0.25) is 0 Å². The van der Waals surface area contributed by atoms with E-state index >= 15 is 0 Å². The van der Waals surface area contributed by atoms with Gasteiger partial charge in [-0.15, -0.1) is 0 Å². The average molecular weight is 352 g/mol. The smallest absolute Gasteiger partial charge is 0.335 e. The number of carbonyl (C=O) groups excluding carboxylic acids is 2. The molecule has 26 heavy (non-hydrogen) atoms. The van der Waals surface area contributed by atoms with Crippen LogP contribution in [0.25, 0.3) is 0 Å². The molecule has 1 aliphatic rings. The van der Waals surface area contributed by atoms with Crippen LogP contribution in [0.4, 0.5) is 5.69 Å². The van der Waals surface area contributed by atoms with Gasteiger partial charge in [-0.25, -0.2) is 4.79 Å². The minimum Gasteiger partial charge on any atom is -0.478 e. The van der Waals surface area contributed by atoms with E-state index < -0.39 is 11.9 Å². The van der Waals surface area contributed by atoms with Crippen LogP contribution >= 0.6 is 0 Å². The van der Waals surface area contributed by atoms with Gasteiger partial charge >= 0.3 is 5.97 Å². The topological polar surface area (TPSA) is 86.7 Å². The van der Waals surface area contributed by atoms with Crippen LogP contribution in [0, 0.1) is 6.92 Å². The molecule has 1 heterocycles. The molecule has 2 aromatic rings. The molecular formula is C20H20N2O4. The van der Waals surface area contributed by atoms with Gasteiger partial charge in [-0.1, -0.05) is 12.1 Å². The fourth-order valence-electron chi connectivity index (χ4n) is 3.08. The second-order valence-electron chi connectivity index (χ2n) is 6.32. The number of carboxylic acids is 1. The van der Waals surface area contributed by atoms with E-state index in [4.69, 9.17) is 5.11 Å². The highest BCUT2D eigenvalue weighted by Crippen LogP contribution is 2.23. The number of anilines is 1. The minimum absolute atomic E-state index is 0.0241. The third-order valence-electron chi connectivity index (χ3n) is 4.58. The monoisotopic (exact) mass is 352 g/mol. The number of benzene rings is 2. The maximum atomic E-state index is 12.6. The van der Waals surface area contributed by atoms with Crippen molar-refractivity contribution in [1.82, 2.24) is 4.90 Å². The number of rotatable bonds is 4. The summed E-state index contributed by atoms with van der Waals surface area (Å²) in [5, 5.41) is 11.8. The first-order chi connectivity index (χ1) is 12.5. The Morgan fingerprint density at radius 2 is 1.65 bits per heavy atom. The number of nitrogens with zero attached hydrogens (tertiary/aromatic N) is 1. The van der Waals surface area contributed by atoms with Gasteiger partial charge in [-0.2, -0.15) is 0 Å². The van der Waals surface area contributed by atoms with Gasteiger partial charge in [0.05, 0.1) is 5.56 Å². The van der Waals surface area contributed by atoms with Gasteiger partial charge < -0.3 is 15.3 Å². The number of likely N-dealkylation sites (tertiary alicyclic amines) is 1. The summed E-state index contributed by atoms with van der Waals surface area (Å²) >= 11 is 0. The first kappa shape index (κ1) is 17.7. The number of hydrogen-bond acceptors (Lipinski definition) is 3. The van der Waals surface area contributed by atoms with Crippen molar-refractivity contribution in [3.8, 4) is 0 Å². The van der Waals surface area contributed by atoms with Crippen molar-refractivity contribution >= 4 is 23.5 Å². The Morgan fingerprint density at radius 3 is 2.35 bits per heavy atom. The molecule has 3 rings (SSSR count). The molecule has 0 spiro atoms. The van der Waals surface area contributed by atoms with Gasteiger partial charge in [0, 0.05) is 29.9 Å². The number of nitrogens with one attached hydrogen (secondary N) is 1. The number of amides is 2. The Labute approximate surface area is 151 Å². The summed E-state index contributed by atoms with van der Waals surface area (Å²) in [6.45, 7) is 3.32. The van der Waals surface area contributed by atoms with Crippen molar-refractivity contribution in [3.63, 3.8) is 0 Å². The summed E-state index contributed by atoms with van der Waals surface area (Å²) < 4.78 is 0. The Bertz CT molecular complexity index is 870. The molecule has 6 nitrogen and oxygen atoms in total. The second-order valence-corrected chi connectivity index (χ2v) is 6.32. The zero-order valence-corrected chi connectivity index (χ0v) is 14.5. The third kappa shape index (κ3) is 3.59. The zero-order valence-electron chi connectivity index (χ0n) is 14.5.